The van der Waals surface area contributed by atoms with Crippen LogP contribution in [0.5, 0.6) is 0 Å². The van der Waals surface area contributed by atoms with E-state index in [1.54, 1.807) is 24.5 Å². The molecule has 3 heterocycles. The molecule has 4 aromatic rings. The van der Waals surface area contributed by atoms with E-state index in [4.69, 9.17) is 10.3 Å². The van der Waals surface area contributed by atoms with Gasteiger partial charge in [0.25, 0.3) is 11.8 Å². The summed E-state index contributed by atoms with van der Waals surface area (Å²) in [4.78, 5) is 24.4. The largest absolute Gasteiger partial charge is 0.454 e. The fourth-order valence-electron chi connectivity index (χ4n) is 3.22. The number of hydrazine groups is 1. The van der Waals surface area contributed by atoms with E-state index < -0.39 is 5.91 Å². The first-order valence-corrected chi connectivity index (χ1v) is 9.93. The Labute approximate surface area is 188 Å². The second-order valence-electron chi connectivity index (χ2n) is 7.08. The number of rotatable bonds is 8. The fraction of sp³-hybridized carbons (Fsp3) is 0.0909. The smallest absolute Gasteiger partial charge is 0.286 e. The number of carbonyl (C=O) groups is 2. The van der Waals surface area contributed by atoms with Crippen molar-refractivity contribution in [3.05, 3.63) is 84.5 Å². The average Bonchev–Trinajstić information content (AvgIpc) is 3.58. The fourth-order valence-corrected chi connectivity index (χ4v) is 3.22. The lowest BCUT2D eigenvalue weighted by molar-refractivity contribution is 0.0930. The van der Waals surface area contributed by atoms with Crippen molar-refractivity contribution in [3.8, 4) is 11.1 Å². The van der Waals surface area contributed by atoms with E-state index in [9.17, 15) is 9.59 Å². The normalized spacial score (nSPS) is 11.4. The van der Waals surface area contributed by atoms with E-state index in [1.807, 2.05) is 18.2 Å². The van der Waals surface area contributed by atoms with E-state index in [2.05, 4.69) is 37.6 Å². The van der Waals surface area contributed by atoms with Crippen molar-refractivity contribution in [2.75, 3.05) is 7.05 Å². The number of fused-ring (bicyclic) bond motifs is 1. The van der Waals surface area contributed by atoms with Crippen molar-refractivity contribution >= 4 is 22.7 Å². The van der Waals surface area contributed by atoms with Crippen LogP contribution < -0.4 is 16.5 Å². The Kier molecular flexibility index (Phi) is 6.04. The molecule has 11 heteroatoms. The highest BCUT2D eigenvalue weighted by atomic mass is 16.4. The SMILES string of the molecule is C=C/C(=C\N(N)Cc1ccc(C(=O)NC)o1)NC(=O)c1n[nH]c2cc(-c3cn[nH]c3)ccc12. The van der Waals surface area contributed by atoms with Gasteiger partial charge in [-0.05, 0) is 35.9 Å². The molecule has 0 aliphatic heterocycles. The lowest BCUT2D eigenvalue weighted by Crippen LogP contribution is -2.29. The van der Waals surface area contributed by atoms with Crippen LogP contribution in [0.2, 0.25) is 0 Å². The maximum absolute atomic E-state index is 12.8. The van der Waals surface area contributed by atoms with Gasteiger partial charge in [0, 0.05) is 30.4 Å². The molecule has 0 aliphatic rings. The van der Waals surface area contributed by atoms with Crippen molar-refractivity contribution in [2.24, 2.45) is 5.84 Å². The molecule has 0 fully saturated rings. The monoisotopic (exact) mass is 446 g/mol. The summed E-state index contributed by atoms with van der Waals surface area (Å²) in [5, 5.41) is 21.0. The standard InChI is InChI=1S/C22H22N8O3/c1-3-15(11-30(23)12-16-5-7-19(33-16)21(31)24-2)27-22(32)20-17-6-4-13(8-18(17)28-29-20)14-9-25-26-10-14/h3-11H,1,12,23H2,2H3,(H,24,31)(H,25,26)(H,27,32)(H,28,29)/b15-11+. The molecule has 4 rings (SSSR count). The molecule has 0 aliphatic carbocycles. The molecule has 0 bridgehead atoms. The Morgan fingerprint density at radius 2 is 2.09 bits per heavy atom. The highest BCUT2D eigenvalue weighted by Crippen LogP contribution is 2.24. The highest BCUT2D eigenvalue weighted by molar-refractivity contribution is 6.06. The molecule has 0 atom stereocenters. The molecule has 0 saturated carbocycles. The summed E-state index contributed by atoms with van der Waals surface area (Å²) in [6, 6.07) is 8.82. The number of amides is 2. The summed E-state index contributed by atoms with van der Waals surface area (Å²) in [6.07, 6.45) is 6.46. The number of carbonyl (C=O) groups excluding carboxylic acids is 2. The van der Waals surface area contributed by atoms with Gasteiger partial charge in [0.15, 0.2) is 11.5 Å². The first-order chi connectivity index (χ1) is 16.0. The van der Waals surface area contributed by atoms with Crippen molar-refractivity contribution in [1.82, 2.24) is 36.0 Å². The summed E-state index contributed by atoms with van der Waals surface area (Å²) >= 11 is 0. The number of allylic oxidation sites excluding steroid dienone is 1. The van der Waals surface area contributed by atoms with E-state index in [0.29, 0.717) is 22.4 Å². The Balaban J connectivity index is 1.46. The molecular formula is C22H22N8O3. The summed E-state index contributed by atoms with van der Waals surface area (Å²) in [5.74, 6) is 5.93. The summed E-state index contributed by atoms with van der Waals surface area (Å²) in [6.45, 7) is 3.89. The zero-order valence-corrected chi connectivity index (χ0v) is 17.8. The zero-order valence-electron chi connectivity index (χ0n) is 17.8. The van der Waals surface area contributed by atoms with Gasteiger partial charge in [0.2, 0.25) is 0 Å². The number of aromatic nitrogens is 4. The third kappa shape index (κ3) is 4.67. The van der Waals surface area contributed by atoms with Crippen molar-refractivity contribution in [3.63, 3.8) is 0 Å². The van der Waals surface area contributed by atoms with Gasteiger partial charge in [-0.15, -0.1) is 0 Å². The van der Waals surface area contributed by atoms with Crippen LogP contribution in [0.4, 0.5) is 0 Å². The molecule has 3 aromatic heterocycles. The van der Waals surface area contributed by atoms with Crippen molar-refractivity contribution in [2.45, 2.75) is 6.54 Å². The molecule has 0 saturated heterocycles. The predicted molar refractivity (Wildman–Crippen MR) is 121 cm³/mol. The number of benzene rings is 1. The maximum Gasteiger partial charge on any atom is 0.286 e. The first-order valence-electron chi connectivity index (χ1n) is 9.93. The van der Waals surface area contributed by atoms with Crippen LogP contribution in [0.3, 0.4) is 0 Å². The number of hydrogen-bond donors (Lipinski definition) is 5. The minimum absolute atomic E-state index is 0.173. The van der Waals surface area contributed by atoms with E-state index in [1.165, 1.54) is 24.3 Å². The maximum atomic E-state index is 12.8. The lowest BCUT2D eigenvalue weighted by atomic mass is 10.1. The summed E-state index contributed by atoms with van der Waals surface area (Å²) in [5.41, 5.74) is 3.19. The lowest BCUT2D eigenvalue weighted by Gasteiger charge is -2.14. The number of hydrogen-bond acceptors (Lipinski definition) is 7. The van der Waals surface area contributed by atoms with Crippen LogP contribution in [-0.2, 0) is 6.54 Å². The number of nitrogens with two attached hydrogens (primary N) is 1. The van der Waals surface area contributed by atoms with Crippen LogP contribution in [0, 0.1) is 0 Å². The number of furan rings is 1. The van der Waals surface area contributed by atoms with E-state index in [-0.39, 0.29) is 23.9 Å². The van der Waals surface area contributed by atoms with Gasteiger partial charge in [-0.3, -0.25) is 19.8 Å². The second-order valence-corrected chi connectivity index (χ2v) is 7.08. The van der Waals surface area contributed by atoms with Gasteiger partial charge in [0.1, 0.15) is 5.76 Å². The van der Waals surface area contributed by atoms with Crippen LogP contribution in [0.1, 0.15) is 26.8 Å². The van der Waals surface area contributed by atoms with Gasteiger partial charge in [-0.1, -0.05) is 12.6 Å². The Bertz CT molecular complexity index is 1330. The minimum atomic E-state index is -0.420. The topological polar surface area (TPSA) is 158 Å². The third-order valence-electron chi connectivity index (χ3n) is 4.84. The van der Waals surface area contributed by atoms with Crippen LogP contribution >= 0.6 is 0 Å². The third-order valence-corrected chi connectivity index (χ3v) is 4.84. The average molecular weight is 446 g/mol. The van der Waals surface area contributed by atoms with Crippen LogP contribution in [-0.4, -0.2) is 44.3 Å². The van der Waals surface area contributed by atoms with E-state index >= 15 is 0 Å². The molecule has 1 aromatic carbocycles. The second kappa shape index (κ2) is 9.24. The number of nitrogens with one attached hydrogen (secondary N) is 4. The molecule has 0 unspecified atom stereocenters. The molecule has 168 valence electrons. The van der Waals surface area contributed by atoms with Gasteiger partial charge < -0.3 is 20.1 Å². The Morgan fingerprint density at radius 1 is 1.24 bits per heavy atom. The quantitative estimate of drug-likeness (QED) is 0.157. The van der Waals surface area contributed by atoms with Crippen molar-refractivity contribution in [1.29, 1.82) is 0 Å². The molecule has 2 amide bonds. The number of H-pyrrole nitrogens is 2. The number of nitrogens with zero attached hydrogens (tertiary/aromatic N) is 3. The first kappa shape index (κ1) is 21.6. The van der Waals surface area contributed by atoms with Gasteiger partial charge in [-0.2, -0.15) is 10.2 Å². The summed E-state index contributed by atoms with van der Waals surface area (Å²) in [7, 11) is 1.52. The summed E-state index contributed by atoms with van der Waals surface area (Å²) < 4.78 is 5.45. The predicted octanol–water partition coefficient (Wildman–Crippen LogP) is 2.04. The Hall–Kier alpha value is -4.64. The minimum Gasteiger partial charge on any atom is -0.454 e. The number of aromatic amines is 2. The van der Waals surface area contributed by atoms with E-state index in [0.717, 1.165) is 11.1 Å². The van der Waals surface area contributed by atoms with Gasteiger partial charge in [0.05, 0.1) is 24.0 Å². The molecule has 11 nitrogen and oxygen atoms in total. The van der Waals surface area contributed by atoms with Gasteiger partial charge >= 0.3 is 0 Å². The Morgan fingerprint density at radius 3 is 2.82 bits per heavy atom. The molecule has 6 N–H and O–H groups in total. The zero-order chi connectivity index (χ0) is 23.4. The van der Waals surface area contributed by atoms with Crippen molar-refractivity contribution < 1.29 is 14.0 Å². The highest BCUT2D eigenvalue weighted by Gasteiger charge is 2.16. The van der Waals surface area contributed by atoms with Crippen LogP contribution in [0.15, 0.2) is 71.7 Å². The molecule has 0 radical (unpaired) electrons. The van der Waals surface area contributed by atoms with Crippen LogP contribution in [0.25, 0.3) is 22.0 Å². The van der Waals surface area contributed by atoms with Gasteiger partial charge in [-0.25, -0.2) is 5.84 Å². The molecule has 33 heavy (non-hydrogen) atoms. The molecule has 0 spiro atoms. The molecular weight excluding hydrogens is 424 g/mol.